The van der Waals surface area contributed by atoms with Gasteiger partial charge in [-0.2, -0.15) is 5.10 Å². The van der Waals surface area contributed by atoms with Gasteiger partial charge in [-0.15, -0.1) is 0 Å². The number of rotatable bonds is 0. The summed E-state index contributed by atoms with van der Waals surface area (Å²) in [6, 6.07) is 0. The number of hydrogen-bond donors (Lipinski definition) is 0. The van der Waals surface area contributed by atoms with Crippen LogP contribution in [0.5, 0.6) is 0 Å². The van der Waals surface area contributed by atoms with Crippen molar-refractivity contribution in [2.45, 2.75) is 39.5 Å². The van der Waals surface area contributed by atoms with Crippen LogP contribution in [0.1, 0.15) is 44.4 Å². The van der Waals surface area contributed by atoms with Gasteiger partial charge in [0.25, 0.3) is 0 Å². The fourth-order valence-electron chi connectivity index (χ4n) is 2.57. The maximum absolute atomic E-state index is 4.33. The van der Waals surface area contributed by atoms with Gasteiger partial charge in [-0.1, -0.05) is 20.8 Å². The summed E-state index contributed by atoms with van der Waals surface area (Å²) in [6.45, 7) is 7.00. The maximum atomic E-state index is 4.33. The van der Waals surface area contributed by atoms with Crippen LogP contribution in [-0.2, 0) is 13.5 Å². The van der Waals surface area contributed by atoms with Gasteiger partial charge in [0.1, 0.15) is 0 Å². The molecule has 2 rings (SSSR count). The molecule has 1 heterocycles. The van der Waals surface area contributed by atoms with E-state index in [9.17, 15) is 0 Å². The van der Waals surface area contributed by atoms with Gasteiger partial charge in [0.2, 0.25) is 0 Å². The van der Waals surface area contributed by atoms with E-state index in [0.29, 0.717) is 11.3 Å². The van der Waals surface area contributed by atoms with Gasteiger partial charge in [0, 0.05) is 12.7 Å². The van der Waals surface area contributed by atoms with Gasteiger partial charge in [-0.3, -0.25) is 4.68 Å². The van der Waals surface area contributed by atoms with Crippen LogP contribution in [0.2, 0.25) is 0 Å². The minimum absolute atomic E-state index is 0.445. The van der Waals surface area contributed by atoms with Gasteiger partial charge in [0.05, 0.1) is 6.20 Å². The van der Waals surface area contributed by atoms with Crippen LogP contribution < -0.4 is 0 Å². The van der Waals surface area contributed by atoms with Crippen LogP contribution in [0.4, 0.5) is 0 Å². The minimum atomic E-state index is 0.445. The lowest BCUT2D eigenvalue weighted by molar-refractivity contribution is 0.281. The van der Waals surface area contributed by atoms with E-state index in [4.69, 9.17) is 0 Å². The Morgan fingerprint density at radius 2 is 2.23 bits per heavy atom. The molecule has 0 saturated heterocycles. The van der Waals surface area contributed by atoms with Crippen LogP contribution in [0.25, 0.3) is 0 Å². The van der Waals surface area contributed by atoms with E-state index < -0.39 is 0 Å². The molecule has 1 aromatic rings. The van der Waals surface area contributed by atoms with Gasteiger partial charge >= 0.3 is 0 Å². The molecule has 0 bridgehead atoms. The quantitative estimate of drug-likeness (QED) is 0.597. The second kappa shape index (κ2) is 2.60. The van der Waals surface area contributed by atoms with Crippen molar-refractivity contribution >= 4 is 0 Å². The predicted octanol–water partition coefficient (Wildman–Crippen LogP) is 2.50. The lowest BCUT2D eigenvalue weighted by Gasteiger charge is -2.33. The SMILES string of the molecule is C[C@@H]1CC(C)(C)Cc2c1cnn2C. The Hall–Kier alpha value is -0.790. The monoisotopic (exact) mass is 178 g/mol. The molecule has 0 N–H and O–H groups in total. The highest BCUT2D eigenvalue weighted by atomic mass is 15.3. The normalized spacial score (nSPS) is 25.7. The van der Waals surface area contributed by atoms with Crippen LogP contribution in [0.15, 0.2) is 6.20 Å². The number of aryl methyl sites for hydroxylation is 1. The topological polar surface area (TPSA) is 17.8 Å². The first-order valence-electron chi connectivity index (χ1n) is 5.00. The minimum Gasteiger partial charge on any atom is -0.272 e. The zero-order valence-electron chi connectivity index (χ0n) is 8.96. The van der Waals surface area contributed by atoms with Crippen LogP contribution >= 0.6 is 0 Å². The van der Waals surface area contributed by atoms with E-state index in [1.807, 2.05) is 17.9 Å². The summed E-state index contributed by atoms with van der Waals surface area (Å²) in [5.41, 5.74) is 3.34. The second-order valence-corrected chi connectivity index (χ2v) is 5.12. The molecule has 0 saturated carbocycles. The van der Waals surface area contributed by atoms with Crippen molar-refractivity contribution in [1.82, 2.24) is 9.78 Å². The number of fused-ring (bicyclic) bond motifs is 1. The molecule has 0 fully saturated rings. The zero-order valence-corrected chi connectivity index (χ0v) is 8.96. The first kappa shape index (κ1) is 8.79. The average molecular weight is 178 g/mol. The molecule has 72 valence electrons. The third-order valence-corrected chi connectivity index (χ3v) is 3.13. The zero-order chi connectivity index (χ0) is 9.64. The maximum Gasteiger partial charge on any atom is 0.0527 e. The Kier molecular flexibility index (Phi) is 1.76. The first-order chi connectivity index (χ1) is 5.99. The molecule has 0 aliphatic heterocycles. The number of nitrogens with zero attached hydrogens (tertiary/aromatic N) is 2. The lowest BCUT2D eigenvalue weighted by atomic mass is 9.72. The Labute approximate surface area is 80.0 Å². The Balaban J connectivity index is 2.45. The molecule has 1 aliphatic carbocycles. The largest absolute Gasteiger partial charge is 0.272 e. The molecule has 1 aromatic heterocycles. The van der Waals surface area contributed by atoms with Crippen molar-refractivity contribution in [1.29, 1.82) is 0 Å². The van der Waals surface area contributed by atoms with E-state index in [2.05, 4.69) is 25.9 Å². The van der Waals surface area contributed by atoms with Crippen molar-refractivity contribution in [3.63, 3.8) is 0 Å². The van der Waals surface area contributed by atoms with E-state index in [0.717, 1.165) is 0 Å². The van der Waals surface area contributed by atoms with E-state index in [1.165, 1.54) is 24.1 Å². The highest BCUT2D eigenvalue weighted by Gasteiger charge is 2.31. The number of hydrogen-bond acceptors (Lipinski definition) is 1. The van der Waals surface area contributed by atoms with Crippen molar-refractivity contribution in [2.24, 2.45) is 12.5 Å². The standard InChI is InChI=1S/C11H18N2/c1-8-5-11(2,3)6-10-9(8)7-12-13(10)4/h7-8H,5-6H2,1-4H3/t8-/m1/s1. The third kappa shape index (κ3) is 1.38. The third-order valence-electron chi connectivity index (χ3n) is 3.13. The summed E-state index contributed by atoms with van der Waals surface area (Å²) in [4.78, 5) is 0. The summed E-state index contributed by atoms with van der Waals surface area (Å²) < 4.78 is 2.03. The Morgan fingerprint density at radius 1 is 1.54 bits per heavy atom. The fraction of sp³-hybridized carbons (Fsp3) is 0.727. The molecular weight excluding hydrogens is 160 g/mol. The van der Waals surface area contributed by atoms with Crippen LogP contribution in [0, 0.1) is 5.41 Å². The van der Waals surface area contributed by atoms with E-state index in [-0.39, 0.29) is 0 Å². The summed E-state index contributed by atoms with van der Waals surface area (Å²) in [5.74, 6) is 0.674. The van der Waals surface area contributed by atoms with Crippen molar-refractivity contribution in [3.8, 4) is 0 Å². The highest BCUT2D eigenvalue weighted by Crippen LogP contribution is 2.41. The molecule has 2 heteroatoms. The van der Waals surface area contributed by atoms with E-state index >= 15 is 0 Å². The molecule has 2 nitrogen and oxygen atoms in total. The Bertz CT molecular complexity index is 323. The molecule has 0 amide bonds. The molecule has 0 spiro atoms. The van der Waals surface area contributed by atoms with Crippen LogP contribution in [0.3, 0.4) is 0 Å². The number of aromatic nitrogens is 2. The molecule has 0 radical (unpaired) electrons. The molecule has 1 atom stereocenters. The summed E-state index contributed by atoms with van der Waals surface area (Å²) in [7, 11) is 2.05. The molecular formula is C11H18N2. The lowest BCUT2D eigenvalue weighted by Crippen LogP contribution is -2.25. The van der Waals surface area contributed by atoms with Crippen molar-refractivity contribution in [2.75, 3.05) is 0 Å². The van der Waals surface area contributed by atoms with Gasteiger partial charge in [-0.25, -0.2) is 0 Å². The fourth-order valence-corrected chi connectivity index (χ4v) is 2.57. The van der Waals surface area contributed by atoms with E-state index in [1.54, 1.807) is 0 Å². The predicted molar refractivity (Wildman–Crippen MR) is 53.7 cm³/mol. The summed E-state index contributed by atoms with van der Waals surface area (Å²) >= 11 is 0. The summed E-state index contributed by atoms with van der Waals surface area (Å²) in [5, 5.41) is 4.33. The smallest absolute Gasteiger partial charge is 0.0527 e. The molecule has 0 aromatic carbocycles. The van der Waals surface area contributed by atoms with Crippen molar-refractivity contribution in [3.05, 3.63) is 17.5 Å². The molecule has 13 heavy (non-hydrogen) atoms. The van der Waals surface area contributed by atoms with Gasteiger partial charge < -0.3 is 0 Å². The molecule has 1 aliphatic rings. The average Bonchev–Trinajstić information content (AvgIpc) is 2.30. The van der Waals surface area contributed by atoms with Crippen LogP contribution in [-0.4, -0.2) is 9.78 Å². The summed E-state index contributed by atoms with van der Waals surface area (Å²) in [6.07, 6.45) is 4.49. The highest BCUT2D eigenvalue weighted by molar-refractivity contribution is 5.26. The van der Waals surface area contributed by atoms with Gasteiger partial charge in [0.15, 0.2) is 0 Å². The molecule has 0 unspecified atom stereocenters. The van der Waals surface area contributed by atoms with Gasteiger partial charge in [-0.05, 0) is 29.7 Å². The first-order valence-corrected chi connectivity index (χ1v) is 5.00. The Morgan fingerprint density at radius 3 is 2.92 bits per heavy atom. The second-order valence-electron chi connectivity index (χ2n) is 5.12. The van der Waals surface area contributed by atoms with Crippen molar-refractivity contribution < 1.29 is 0 Å².